The maximum Gasteiger partial charge on any atom is 0.253 e. The van der Waals surface area contributed by atoms with E-state index in [4.69, 9.17) is 4.74 Å². The van der Waals surface area contributed by atoms with Crippen molar-refractivity contribution in [1.29, 1.82) is 0 Å². The molecule has 0 bridgehead atoms. The summed E-state index contributed by atoms with van der Waals surface area (Å²) in [5, 5.41) is 2.53. The molecule has 0 amide bonds. The molecule has 0 saturated carbocycles. The average molecular weight is 1150 g/mol. The number of nitrogens with zero attached hydrogens (tertiary/aromatic N) is 4. The zero-order valence-electron chi connectivity index (χ0n) is 47.0. The highest BCUT2D eigenvalue weighted by atomic mass is 32.2. The van der Waals surface area contributed by atoms with E-state index in [2.05, 4.69) is 323 Å². The van der Waals surface area contributed by atoms with E-state index in [0.717, 1.165) is 79.7 Å². The van der Waals surface area contributed by atoms with Crippen molar-refractivity contribution in [1.82, 2.24) is 0 Å². The number of benzene rings is 13. The Bertz CT molecular complexity index is 4960. The molecule has 4 aliphatic heterocycles. The van der Waals surface area contributed by atoms with Crippen LogP contribution in [0.1, 0.15) is 0 Å². The van der Waals surface area contributed by atoms with Gasteiger partial charge in [-0.2, -0.15) is 0 Å². The van der Waals surface area contributed by atoms with Crippen LogP contribution in [0.4, 0.5) is 68.2 Å². The number of thiophene rings is 1. The first-order valence-electron chi connectivity index (χ1n) is 29.7. The maximum atomic E-state index is 7.15. The number of rotatable bonds is 9. The third kappa shape index (κ3) is 7.90. The SMILES string of the molecule is c1ccc(-c2c(N3c4cc5c(cc4B4c6ccccc6N(c6ccccc6)c6cc(N(c7ccccc7)c7ccccc7)cc3c64)B3c4ccccc4Oc4cc(N(c6ccccc6)c6ccccc6)cc(c43)S5)ccc3c2sc2ccccc23)cc1. The van der Waals surface area contributed by atoms with Crippen molar-refractivity contribution in [2.24, 2.45) is 0 Å². The normalized spacial score (nSPS) is 13.0. The van der Waals surface area contributed by atoms with Crippen LogP contribution >= 0.6 is 23.1 Å². The predicted octanol–water partition coefficient (Wildman–Crippen LogP) is 17.8. The minimum atomic E-state index is -0.152. The summed E-state index contributed by atoms with van der Waals surface area (Å²) in [6.07, 6.45) is 0. The molecule has 0 saturated heterocycles. The molecule has 0 unspecified atom stereocenters. The average Bonchev–Trinajstić information content (AvgIpc) is 0.861. The van der Waals surface area contributed by atoms with Crippen LogP contribution in [0.15, 0.2) is 313 Å². The van der Waals surface area contributed by atoms with E-state index in [9.17, 15) is 0 Å². The van der Waals surface area contributed by atoms with Gasteiger partial charge in [0.15, 0.2) is 0 Å². The molecule has 0 radical (unpaired) electrons. The van der Waals surface area contributed by atoms with Gasteiger partial charge in [0.2, 0.25) is 0 Å². The number of anilines is 12. The first-order chi connectivity index (χ1) is 43.2. The van der Waals surface area contributed by atoms with Crippen LogP contribution in [0.25, 0.3) is 31.3 Å². The quantitative estimate of drug-likeness (QED) is 0.133. The van der Waals surface area contributed by atoms with E-state index in [-0.39, 0.29) is 13.4 Å². The molecular weight excluding hydrogens is 1090 g/mol. The summed E-state index contributed by atoms with van der Waals surface area (Å²) in [5.74, 6) is 1.77. The fraction of sp³-hybridized carbons (Fsp3) is 0. The molecule has 5 heterocycles. The van der Waals surface area contributed by atoms with Crippen molar-refractivity contribution in [3.05, 3.63) is 303 Å². The summed E-state index contributed by atoms with van der Waals surface area (Å²) in [6.45, 7) is -0.255. The molecule has 0 fully saturated rings. The summed E-state index contributed by atoms with van der Waals surface area (Å²) in [5.41, 5.74) is 23.0. The zero-order valence-corrected chi connectivity index (χ0v) is 48.7. The lowest BCUT2D eigenvalue weighted by molar-refractivity contribution is 0.486. The highest BCUT2D eigenvalue weighted by Gasteiger charge is 2.47. The molecule has 406 valence electrons. The molecule has 0 atom stereocenters. The highest BCUT2D eigenvalue weighted by Crippen LogP contribution is 2.54. The fourth-order valence-corrected chi connectivity index (χ4v) is 16.8. The van der Waals surface area contributed by atoms with E-state index in [1.165, 1.54) is 73.9 Å². The molecule has 4 aliphatic rings. The Labute approximate surface area is 514 Å². The molecule has 0 aliphatic carbocycles. The Morgan fingerprint density at radius 2 is 0.862 bits per heavy atom. The van der Waals surface area contributed by atoms with Crippen molar-refractivity contribution in [3.63, 3.8) is 0 Å². The third-order valence-electron chi connectivity index (χ3n) is 17.9. The number of ether oxygens (including phenoxy) is 1. The first kappa shape index (κ1) is 49.9. The summed E-state index contributed by atoms with van der Waals surface area (Å²) in [4.78, 5) is 12.4. The molecule has 0 N–H and O–H groups in total. The molecule has 0 spiro atoms. The van der Waals surface area contributed by atoms with Crippen LogP contribution in [0.2, 0.25) is 0 Å². The Hall–Kier alpha value is -10.4. The second-order valence-corrected chi connectivity index (χ2v) is 24.8. The second kappa shape index (κ2) is 20.1. The predicted molar refractivity (Wildman–Crippen MR) is 370 cm³/mol. The van der Waals surface area contributed by atoms with Crippen molar-refractivity contribution in [2.45, 2.75) is 9.79 Å². The fourth-order valence-electron chi connectivity index (χ4n) is 14.3. The lowest BCUT2D eigenvalue weighted by atomic mass is 9.31. The highest BCUT2D eigenvalue weighted by molar-refractivity contribution is 8.00. The number of hydrogen-bond acceptors (Lipinski definition) is 7. The Morgan fingerprint density at radius 1 is 0.322 bits per heavy atom. The van der Waals surface area contributed by atoms with E-state index in [1.807, 2.05) is 23.1 Å². The molecular formula is C78H50B2N4OS2. The number of para-hydroxylation sites is 7. The summed E-state index contributed by atoms with van der Waals surface area (Å²) >= 11 is 3.76. The standard InChI is InChI=1S/C78H50B2N4OS2/c1-7-25-51(26-8-1)75-66(44-43-60-59-37-19-24-42-72(59)87-78(60)75)84-67-50-73-64(80-62-39-21-23-41-70(62)85-71-47-58(48-74(86-73)77(71)80)82(54-31-13-4-14-32-54)55-33-15-5-16-34-55)49-63(67)79-61-38-20-22-40-65(61)83(56-35-17-6-18-36-56)68-45-57(46-69(84)76(68)79)81(52-27-9-2-10-28-52)53-29-11-3-12-30-53/h1-50H. The summed E-state index contributed by atoms with van der Waals surface area (Å²) in [7, 11) is 0. The van der Waals surface area contributed by atoms with Gasteiger partial charge in [-0.25, -0.2) is 0 Å². The van der Waals surface area contributed by atoms with E-state index in [0.29, 0.717) is 0 Å². The Balaban J connectivity index is 0.959. The second-order valence-electron chi connectivity index (χ2n) is 22.7. The van der Waals surface area contributed by atoms with E-state index < -0.39 is 0 Å². The smallest absolute Gasteiger partial charge is 0.253 e. The molecule has 13 aromatic carbocycles. The van der Waals surface area contributed by atoms with Gasteiger partial charge in [0.05, 0.1) is 17.1 Å². The monoisotopic (exact) mass is 1140 g/mol. The van der Waals surface area contributed by atoms with Gasteiger partial charge in [0, 0.05) is 92.8 Å². The molecule has 5 nitrogen and oxygen atoms in total. The van der Waals surface area contributed by atoms with Gasteiger partial charge >= 0.3 is 0 Å². The van der Waals surface area contributed by atoms with Crippen LogP contribution < -0.4 is 57.1 Å². The molecule has 18 rings (SSSR count). The van der Waals surface area contributed by atoms with Gasteiger partial charge in [-0.3, -0.25) is 0 Å². The Morgan fingerprint density at radius 3 is 1.53 bits per heavy atom. The van der Waals surface area contributed by atoms with Crippen molar-refractivity contribution >= 4 is 158 Å². The van der Waals surface area contributed by atoms with Gasteiger partial charge in [0.1, 0.15) is 11.5 Å². The van der Waals surface area contributed by atoms with Crippen molar-refractivity contribution in [2.75, 3.05) is 19.6 Å². The van der Waals surface area contributed by atoms with Crippen LogP contribution in [0.3, 0.4) is 0 Å². The third-order valence-corrected chi connectivity index (χ3v) is 20.2. The maximum absolute atomic E-state index is 7.15. The van der Waals surface area contributed by atoms with E-state index >= 15 is 0 Å². The van der Waals surface area contributed by atoms with Crippen LogP contribution in [-0.4, -0.2) is 13.4 Å². The van der Waals surface area contributed by atoms with Crippen molar-refractivity contribution < 1.29 is 4.74 Å². The topological polar surface area (TPSA) is 22.2 Å². The summed E-state index contributed by atoms with van der Waals surface area (Å²) in [6, 6.07) is 112. The van der Waals surface area contributed by atoms with Gasteiger partial charge in [-0.15, -0.1) is 11.3 Å². The molecule has 9 heteroatoms. The van der Waals surface area contributed by atoms with Crippen LogP contribution in [0, 0.1) is 0 Å². The van der Waals surface area contributed by atoms with Crippen molar-refractivity contribution in [3.8, 4) is 22.6 Å². The van der Waals surface area contributed by atoms with Gasteiger partial charge < -0.3 is 24.3 Å². The molecule has 14 aromatic rings. The lowest BCUT2D eigenvalue weighted by Gasteiger charge is -2.46. The van der Waals surface area contributed by atoms with E-state index in [1.54, 1.807) is 0 Å². The van der Waals surface area contributed by atoms with Crippen LogP contribution in [0.5, 0.6) is 11.5 Å². The van der Waals surface area contributed by atoms with Gasteiger partial charge in [-0.05, 0) is 142 Å². The molecule has 1 aromatic heterocycles. The van der Waals surface area contributed by atoms with Crippen LogP contribution in [-0.2, 0) is 0 Å². The lowest BCUT2D eigenvalue weighted by Crippen LogP contribution is -2.64. The van der Waals surface area contributed by atoms with Gasteiger partial charge in [-0.1, -0.05) is 205 Å². The van der Waals surface area contributed by atoms with Gasteiger partial charge in [0.25, 0.3) is 13.4 Å². The molecule has 87 heavy (non-hydrogen) atoms. The zero-order chi connectivity index (χ0) is 57.1. The first-order valence-corrected chi connectivity index (χ1v) is 31.3. The Kier molecular flexibility index (Phi) is 11.5. The number of fused-ring (bicyclic) bond motifs is 11. The number of hydrogen-bond donors (Lipinski definition) is 0. The summed E-state index contributed by atoms with van der Waals surface area (Å²) < 4.78 is 9.69. The minimum absolute atomic E-state index is 0.103. The largest absolute Gasteiger partial charge is 0.458 e. The minimum Gasteiger partial charge on any atom is -0.458 e.